The molecule has 2 aromatic rings. The van der Waals surface area contributed by atoms with Crippen molar-refractivity contribution in [2.75, 3.05) is 18.5 Å². The van der Waals surface area contributed by atoms with E-state index in [2.05, 4.69) is 10.3 Å². The lowest BCUT2D eigenvalue weighted by atomic mass is 10.0. The van der Waals surface area contributed by atoms with E-state index >= 15 is 0 Å². The summed E-state index contributed by atoms with van der Waals surface area (Å²) in [5.74, 6) is -1.14. The lowest BCUT2D eigenvalue weighted by molar-refractivity contribution is -0.144. The van der Waals surface area contributed by atoms with E-state index in [1.54, 1.807) is 13.8 Å². The van der Waals surface area contributed by atoms with Crippen molar-refractivity contribution in [3.63, 3.8) is 0 Å². The standard InChI is InChI=1S/C18H21F3N2O4/c1-3-26-17(27-4-2)13-9-12(18(19,20)21)6-5-11(13)10-23-14-7-8-22-15(14)16(24)25/h5-9,17,22-23H,3-4,10H2,1-2H3,(H,24,25). The Balaban J connectivity index is 2.35. The van der Waals surface area contributed by atoms with E-state index in [0.29, 0.717) is 11.3 Å². The van der Waals surface area contributed by atoms with Gasteiger partial charge in [0, 0.05) is 31.5 Å². The lowest BCUT2D eigenvalue weighted by Crippen LogP contribution is -2.16. The minimum atomic E-state index is -4.50. The summed E-state index contributed by atoms with van der Waals surface area (Å²) in [5.41, 5.74) is 0.242. The van der Waals surface area contributed by atoms with Crippen molar-refractivity contribution in [2.45, 2.75) is 32.9 Å². The van der Waals surface area contributed by atoms with Crippen LogP contribution in [0.15, 0.2) is 30.5 Å². The number of hydrogen-bond acceptors (Lipinski definition) is 4. The number of alkyl halides is 3. The fourth-order valence-corrected chi connectivity index (χ4v) is 2.57. The van der Waals surface area contributed by atoms with Crippen LogP contribution in [0.5, 0.6) is 0 Å². The molecule has 9 heteroatoms. The maximum absolute atomic E-state index is 13.1. The summed E-state index contributed by atoms with van der Waals surface area (Å²) < 4.78 is 50.3. The van der Waals surface area contributed by atoms with Gasteiger partial charge in [0.05, 0.1) is 11.3 Å². The van der Waals surface area contributed by atoms with Crippen molar-refractivity contribution in [3.05, 3.63) is 52.8 Å². The fourth-order valence-electron chi connectivity index (χ4n) is 2.57. The second-order valence-corrected chi connectivity index (χ2v) is 5.58. The molecular formula is C18H21F3N2O4. The number of rotatable bonds is 9. The van der Waals surface area contributed by atoms with Crippen molar-refractivity contribution in [1.29, 1.82) is 0 Å². The van der Waals surface area contributed by atoms with Crippen molar-refractivity contribution in [3.8, 4) is 0 Å². The van der Waals surface area contributed by atoms with Crippen LogP contribution in [0.4, 0.5) is 18.9 Å². The van der Waals surface area contributed by atoms with E-state index < -0.39 is 24.0 Å². The number of aromatic nitrogens is 1. The first-order valence-corrected chi connectivity index (χ1v) is 8.35. The number of carboxylic acids is 1. The second-order valence-electron chi connectivity index (χ2n) is 5.58. The van der Waals surface area contributed by atoms with Gasteiger partial charge in [-0.1, -0.05) is 6.07 Å². The highest BCUT2D eigenvalue weighted by Gasteiger charge is 2.32. The van der Waals surface area contributed by atoms with Gasteiger partial charge in [0.15, 0.2) is 6.29 Å². The predicted molar refractivity (Wildman–Crippen MR) is 92.5 cm³/mol. The van der Waals surface area contributed by atoms with E-state index in [0.717, 1.165) is 12.1 Å². The van der Waals surface area contributed by atoms with Crippen LogP contribution in [0.1, 0.15) is 47.3 Å². The Labute approximate surface area is 154 Å². The van der Waals surface area contributed by atoms with Crippen LogP contribution in [-0.4, -0.2) is 29.3 Å². The fraction of sp³-hybridized carbons (Fsp3) is 0.389. The Hall–Kier alpha value is -2.52. The number of H-pyrrole nitrogens is 1. The summed E-state index contributed by atoms with van der Waals surface area (Å²) in [6, 6.07) is 4.85. The molecule has 0 spiro atoms. The Morgan fingerprint density at radius 3 is 2.44 bits per heavy atom. The third kappa shape index (κ3) is 5.24. The molecule has 1 aromatic heterocycles. The summed E-state index contributed by atoms with van der Waals surface area (Å²) in [6.45, 7) is 4.05. The van der Waals surface area contributed by atoms with Crippen LogP contribution in [0.3, 0.4) is 0 Å². The smallest absolute Gasteiger partial charge is 0.416 e. The molecule has 0 aliphatic carbocycles. The summed E-state index contributed by atoms with van der Waals surface area (Å²) in [4.78, 5) is 13.7. The average Bonchev–Trinajstić information content (AvgIpc) is 3.07. The van der Waals surface area contributed by atoms with Gasteiger partial charge in [0.25, 0.3) is 0 Å². The first-order chi connectivity index (χ1) is 12.8. The molecule has 0 fully saturated rings. The first kappa shape index (κ1) is 20.8. The van der Waals surface area contributed by atoms with Gasteiger partial charge >= 0.3 is 12.1 Å². The normalized spacial score (nSPS) is 11.8. The minimum Gasteiger partial charge on any atom is -0.477 e. The van der Waals surface area contributed by atoms with Gasteiger partial charge < -0.3 is 24.9 Å². The molecule has 0 amide bonds. The van der Waals surface area contributed by atoms with E-state index in [9.17, 15) is 18.0 Å². The Morgan fingerprint density at radius 2 is 1.89 bits per heavy atom. The van der Waals surface area contributed by atoms with Crippen molar-refractivity contribution in [2.24, 2.45) is 0 Å². The van der Waals surface area contributed by atoms with Gasteiger partial charge in [0.1, 0.15) is 5.69 Å². The van der Waals surface area contributed by atoms with Crippen LogP contribution in [0, 0.1) is 0 Å². The van der Waals surface area contributed by atoms with Gasteiger partial charge in [-0.2, -0.15) is 13.2 Å². The van der Waals surface area contributed by atoms with E-state index in [4.69, 9.17) is 14.6 Å². The van der Waals surface area contributed by atoms with Crippen molar-refractivity contribution >= 4 is 11.7 Å². The van der Waals surface area contributed by atoms with E-state index in [1.165, 1.54) is 18.3 Å². The molecule has 0 aliphatic rings. The minimum absolute atomic E-state index is 0.0328. The second kappa shape index (κ2) is 8.92. The molecule has 148 valence electrons. The number of carbonyl (C=O) groups is 1. The lowest BCUT2D eigenvalue weighted by Gasteiger charge is -2.22. The molecule has 1 aromatic carbocycles. The molecular weight excluding hydrogens is 365 g/mol. The number of aromatic amines is 1. The predicted octanol–water partition coefficient (Wildman–Crippen LogP) is 4.42. The average molecular weight is 386 g/mol. The molecule has 3 N–H and O–H groups in total. The molecule has 0 saturated heterocycles. The number of ether oxygens (including phenoxy) is 2. The molecule has 0 aliphatic heterocycles. The Morgan fingerprint density at radius 1 is 1.22 bits per heavy atom. The number of hydrogen-bond donors (Lipinski definition) is 3. The zero-order valence-electron chi connectivity index (χ0n) is 14.9. The third-order valence-electron chi connectivity index (χ3n) is 3.79. The van der Waals surface area contributed by atoms with Crippen LogP contribution in [0.2, 0.25) is 0 Å². The molecule has 6 nitrogen and oxygen atoms in total. The van der Waals surface area contributed by atoms with Crippen LogP contribution in [0.25, 0.3) is 0 Å². The molecule has 0 bridgehead atoms. The quantitative estimate of drug-likeness (QED) is 0.556. The molecule has 1 heterocycles. The largest absolute Gasteiger partial charge is 0.477 e. The zero-order chi connectivity index (χ0) is 20.0. The number of anilines is 1. The maximum atomic E-state index is 13.1. The van der Waals surface area contributed by atoms with Gasteiger partial charge in [-0.05, 0) is 37.6 Å². The van der Waals surface area contributed by atoms with Crippen molar-refractivity contribution < 1.29 is 32.5 Å². The molecule has 2 rings (SSSR count). The number of benzene rings is 1. The van der Waals surface area contributed by atoms with Gasteiger partial charge in [-0.25, -0.2) is 4.79 Å². The SMILES string of the molecule is CCOC(OCC)c1cc(C(F)(F)F)ccc1CNc1cc[nH]c1C(=O)O. The highest BCUT2D eigenvalue weighted by atomic mass is 19.4. The maximum Gasteiger partial charge on any atom is 0.416 e. The summed E-state index contributed by atoms with van der Waals surface area (Å²) in [5, 5.41) is 12.0. The molecule has 0 unspecified atom stereocenters. The summed E-state index contributed by atoms with van der Waals surface area (Å²) in [6.07, 6.45) is -3.99. The van der Waals surface area contributed by atoms with Crippen LogP contribution >= 0.6 is 0 Å². The molecule has 27 heavy (non-hydrogen) atoms. The van der Waals surface area contributed by atoms with E-state index in [-0.39, 0.29) is 31.0 Å². The van der Waals surface area contributed by atoms with Gasteiger partial charge in [-0.3, -0.25) is 0 Å². The zero-order valence-corrected chi connectivity index (χ0v) is 14.9. The number of aromatic carboxylic acids is 1. The van der Waals surface area contributed by atoms with E-state index in [1.807, 2.05) is 0 Å². The van der Waals surface area contributed by atoms with Crippen LogP contribution < -0.4 is 5.32 Å². The Bertz CT molecular complexity index is 768. The highest BCUT2D eigenvalue weighted by Crippen LogP contribution is 2.34. The van der Waals surface area contributed by atoms with Gasteiger partial charge in [-0.15, -0.1) is 0 Å². The first-order valence-electron chi connectivity index (χ1n) is 8.35. The summed E-state index contributed by atoms with van der Waals surface area (Å²) >= 11 is 0. The number of carboxylic acid groups (broad SMARTS) is 1. The number of halogens is 3. The van der Waals surface area contributed by atoms with Crippen LogP contribution in [-0.2, 0) is 22.2 Å². The monoisotopic (exact) mass is 386 g/mol. The summed E-state index contributed by atoms with van der Waals surface area (Å²) in [7, 11) is 0. The van der Waals surface area contributed by atoms with Gasteiger partial charge in [0.2, 0.25) is 0 Å². The highest BCUT2D eigenvalue weighted by molar-refractivity contribution is 5.92. The molecule has 0 atom stereocenters. The Kier molecular flexibility index (Phi) is 6.86. The number of nitrogens with one attached hydrogen (secondary N) is 2. The molecule has 0 saturated carbocycles. The topological polar surface area (TPSA) is 83.6 Å². The third-order valence-corrected chi connectivity index (χ3v) is 3.79. The van der Waals surface area contributed by atoms with Crippen molar-refractivity contribution in [1.82, 2.24) is 4.98 Å². The molecule has 0 radical (unpaired) electrons.